The van der Waals surface area contributed by atoms with Crippen LogP contribution in [0.1, 0.15) is 174 Å². The molecule has 0 saturated carbocycles. The van der Waals surface area contributed by atoms with E-state index in [4.69, 9.17) is 4.74 Å². The lowest BCUT2D eigenvalue weighted by molar-refractivity contribution is 0.304. The van der Waals surface area contributed by atoms with Crippen LogP contribution < -0.4 is 31.5 Å². The zero-order valence-electron chi connectivity index (χ0n) is 48.7. The van der Waals surface area contributed by atoms with E-state index in [2.05, 4.69) is 151 Å². The van der Waals surface area contributed by atoms with E-state index in [-0.39, 0.29) is 11.5 Å². The second kappa shape index (κ2) is 38.5. The van der Waals surface area contributed by atoms with Crippen LogP contribution in [0.2, 0.25) is 0 Å². The Morgan fingerprint density at radius 2 is 1.51 bits per heavy atom. The summed E-state index contributed by atoms with van der Waals surface area (Å²) in [7, 11) is 1.95. The number of fused-ring (bicyclic) bond motifs is 1. The summed E-state index contributed by atoms with van der Waals surface area (Å²) in [5, 5.41) is 19.2. The number of hydrogen-bond acceptors (Lipinski definition) is 9. The van der Waals surface area contributed by atoms with Crippen LogP contribution in [-0.4, -0.2) is 55.7 Å². The number of rotatable bonds is 31. The number of nitrogens with one attached hydrogen (secondary N) is 5. The highest BCUT2D eigenvalue weighted by molar-refractivity contribution is 6.01. The molecule has 1 fully saturated rings. The quantitative estimate of drug-likeness (QED) is 0.0144. The molecule has 1 saturated heterocycles. The third-order valence-corrected chi connectivity index (χ3v) is 13.8. The van der Waals surface area contributed by atoms with Crippen molar-refractivity contribution in [3.05, 3.63) is 164 Å². The zero-order valence-corrected chi connectivity index (χ0v) is 48.7. The van der Waals surface area contributed by atoms with Crippen molar-refractivity contribution >= 4 is 34.2 Å². The third-order valence-electron chi connectivity index (χ3n) is 13.8. The fourth-order valence-electron chi connectivity index (χ4n) is 8.93. The minimum atomic E-state index is 0.177. The van der Waals surface area contributed by atoms with E-state index in [0.29, 0.717) is 0 Å². The summed E-state index contributed by atoms with van der Waals surface area (Å²) in [4.78, 5) is 2.39. The average Bonchev–Trinajstić information content (AvgIpc) is 3.76. The molecule has 0 bridgehead atoms. The van der Waals surface area contributed by atoms with Crippen LogP contribution in [0.4, 0.5) is 11.4 Å². The number of nitrogens with zero attached hydrogens (tertiary/aromatic N) is 3. The molecule has 9 nitrogen and oxygen atoms in total. The highest BCUT2D eigenvalue weighted by Gasteiger charge is 2.31. The van der Waals surface area contributed by atoms with Gasteiger partial charge in [-0.2, -0.15) is 10.2 Å². The van der Waals surface area contributed by atoms with Crippen molar-refractivity contribution < 1.29 is 4.74 Å². The first kappa shape index (κ1) is 65.1. The van der Waals surface area contributed by atoms with Gasteiger partial charge in [-0.3, -0.25) is 0 Å². The van der Waals surface area contributed by atoms with Crippen molar-refractivity contribution in [1.29, 1.82) is 0 Å². The van der Waals surface area contributed by atoms with Gasteiger partial charge < -0.3 is 36.4 Å². The molecular formula is C66H102N8O. The molecule has 0 spiro atoms. The minimum Gasteiger partial charge on any atom is -0.494 e. The third kappa shape index (κ3) is 24.0. The van der Waals surface area contributed by atoms with Gasteiger partial charge in [0.2, 0.25) is 0 Å². The van der Waals surface area contributed by atoms with Crippen molar-refractivity contribution in [3.8, 4) is 5.75 Å². The highest BCUT2D eigenvalue weighted by Crippen LogP contribution is 2.37. The fraction of sp³-hybridized carbons (Fsp3) is 0.485. The molecule has 2 aliphatic heterocycles. The Morgan fingerprint density at radius 3 is 2.15 bits per heavy atom. The van der Waals surface area contributed by atoms with Gasteiger partial charge in [0.1, 0.15) is 5.75 Å². The van der Waals surface area contributed by atoms with Crippen LogP contribution in [-0.2, 0) is 6.54 Å². The zero-order chi connectivity index (χ0) is 55.3. The van der Waals surface area contributed by atoms with Crippen molar-refractivity contribution in [1.82, 2.24) is 21.0 Å². The Hall–Kier alpha value is -6.06. The van der Waals surface area contributed by atoms with Crippen LogP contribution in [0.25, 0.3) is 11.4 Å². The number of allylic oxidation sites excluding steroid dienone is 6. The monoisotopic (exact) mass is 1020 g/mol. The van der Waals surface area contributed by atoms with Gasteiger partial charge in [0.05, 0.1) is 29.7 Å². The predicted molar refractivity (Wildman–Crippen MR) is 333 cm³/mol. The molecule has 3 aromatic carbocycles. The van der Waals surface area contributed by atoms with Crippen molar-refractivity contribution in [2.24, 2.45) is 15.6 Å². The fourth-order valence-corrected chi connectivity index (χ4v) is 8.93. The molecule has 0 aliphatic carbocycles. The van der Waals surface area contributed by atoms with E-state index >= 15 is 0 Å². The smallest absolute Gasteiger partial charge is 0.121 e. The van der Waals surface area contributed by atoms with Gasteiger partial charge >= 0.3 is 0 Å². The van der Waals surface area contributed by atoms with Gasteiger partial charge in [0.25, 0.3) is 0 Å². The van der Waals surface area contributed by atoms with Gasteiger partial charge in [0, 0.05) is 60.0 Å². The number of unbranched alkanes of at least 4 members (excludes halogenated alkanes) is 9. The Balaban J connectivity index is 0.000000643. The first-order chi connectivity index (χ1) is 36.4. The standard InChI is InChI=1S/C44H61N5O.C18H29N3.2C2H6/c1-7-8-25-44(36(4)45-6)49-33-39-31-40(26-27-43(39)37(49)5)46-28-17-15-13-11-9-10-12-14-16-18-29-50-42-24-20-23-41(32-42)48-47-35(3)38-22-19-21-34(2)30-38;1-6-8-10-17(9-7-2)15(3)20-21-16(4)18(5)11-13-19-14-12-18;2*1-2/h7,19-24,26-27,30-32,44-48H,1,3-5,8-18,25,28-29,33H2,2,6H3;7-10,19H,2,6,11-14H2,1,3-5H3;2*1-2H3/b;10-8-,17-9+,20-15+,21-16+;;. The average molecular weight is 1020 g/mol. The topological polar surface area (TPSA) is 97.3 Å². The van der Waals surface area contributed by atoms with Crippen molar-refractivity contribution in [3.63, 3.8) is 0 Å². The number of hydrogen-bond donors (Lipinski definition) is 5. The second-order valence-electron chi connectivity index (χ2n) is 19.4. The van der Waals surface area contributed by atoms with Gasteiger partial charge in [-0.15, -0.1) is 6.58 Å². The summed E-state index contributed by atoms with van der Waals surface area (Å²) >= 11 is 0. The van der Waals surface area contributed by atoms with Crippen LogP contribution in [0.15, 0.2) is 151 Å². The van der Waals surface area contributed by atoms with Gasteiger partial charge in [-0.25, -0.2) is 0 Å². The molecule has 1 atom stereocenters. The second-order valence-corrected chi connectivity index (χ2v) is 19.4. The molecule has 2 aliphatic rings. The largest absolute Gasteiger partial charge is 0.494 e. The molecule has 412 valence electrons. The van der Waals surface area contributed by atoms with E-state index in [0.717, 1.165) is 122 Å². The van der Waals surface area contributed by atoms with E-state index in [1.807, 2.05) is 84.2 Å². The normalized spacial score (nSPS) is 14.4. The Bertz CT molecular complexity index is 2280. The summed E-state index contributed by atoms with van der Waals surface area (Å²) in [6.07, 6.45) is 27.9. The maximum absolute atomic E-state index is 6.03. The van der Waals surface area contributed by atoms with Crippen molar-refractivity contribution in [2.75, 3.05) is 44.0 Å². The molecule has 3 aromatic rings. The summed E-state index contributed by atoms with van der Waals surface area (Å²) in [5.74, 6) is 0.888. The molecule has 1 unspecified atom stereocenters. The minimum absolute atomic E-state index is 0.177. The number of piperidine rings is 1. The molecule has 5 N–H and O–H groups in total. The molecule has 75 heavy (non-hydrogen) atoms. The van der Waals surface area contributed by atoms with E-state index in [1.165, 1.54) is 80.2 Å². The molecule has 0 radical (unpaired) electrons. The maximum Gasteiger partial charge on any atom is 0.121 e. The van der Waals surface area contributed by atoms with Crippen LogP contribution in [0, 0.1) is 12.3 Å². The first-order valence-electron chi connectivity index (χ1n) is 28.5. The van der Waals surface area contributed by atoms with Crippen LogP contribution in [0.3, 0.4) is 0 Å². The lowest BCUT2D eigenvalue weighted by Crippen LogP contribution is -2.39. The Labute approximate surface area is 458 Å². The maximum atomic E-state index is 6.03. The number of anilines is 2. The summed E-state index contributed by atoms with van der Waals surface area (Å²) in [6.45, 7) is 43.8. The summed E-state index contributed by atoms with van der Waals surface area (Å²) in [6, 6.07) is 23.3. The number of benzene rings is 3. The number of hydrazine groups is 1. The van der Waals surface area contributed by atoms with E-state index in [1.54, 1.807) is 6.08 Å². The number of likely N-dealkylation sites (N-methyl/N-ethyl adjacent to an activating group) is 1. The lowest BCUT2D eigenvalue weighted by atomic mass is 9.77. The van der Waals surface area contributed by atoms with Gasteiger partial charge in [-0.05, 0) is 126 Å². The summed E-state index contributed by atoms with van der Waals surface area (Å²) in [5.41, 5.74) is 19.7. The molecule has 2 heterocycles. The van der Waals surface area contributed by atoms with E-state index < -0.39 is 0 Å². The van der Waals surface area contributed by atoms with Crippen molar-refractivity contribution in [2.45, 2.75) is 171 Å². The number of aryl methyl sites for hydroxylation is 1. The van der Waals surface area contributed by atoms with Crippen LogP contribution in [0.5, 0.6) is 5.75 Å². The van der Waals surface area contributed by atoms with Gasteiger partial charge in [0.15, 0.2) is 0 Å². The number of ether oxygens (including phenoxy) is 1. The lowest BCUT2D eigenvalue weighted by Gasteiger charge is -2.33. The molecule has 0 aromatic heterocycles. The molecular weight excluding hydrogens is 921 g/mol. The SMILES string of the molecule is C=C/C=C(\C=C/CC)C(/C)=N/N=C(\C)C1(C)CCNCC1.C=CCCC(C(=C)NC)N1Cc2cc(NCCCCCCCCCCCCOc3cccc(NNC(=C)c4cccc(C)c4)c3)ccc2C1=C.CC.CC. The highest BCUT2D eigenvalue weighted by atomic mass is 16.5. The Morgan fingerprint density at radius 1 is 0.840 bits per heavy atom. The van der Waals surface area contributed by atoms with Gasteiger partial charge in [-0.1, -0.05) is 186 Å². The molecule has 9 heteroatoms. The molecule has 0 amide bonds. The predicted octanol–water partition coefficient (Wildman–Crippen LogP) is 17.2. The summed E-state index contributed by atoms with van der Waals surface area (Å²) < 4.78 is 6.03. The first-order valence-corrected chi connectivity index (χ1v) is 28.5. The van der Waals surface area contributed by atoms with E-state index in [9.17, 15) is 0 Å². The molecule has 5 rings (SSSR count). The van der Waals surface area contributed by atoms with Crippen LogP contribution >= 0.6 is 0 Å². The Kier molecular flexibility index (Phi) is 33.4.